The fourth-order valence-electron chi connectivity index (χ4n) is 1.03. The zero-order chi connectivity index (χ0) is 11.0. The van der Waals surface area contributed by atoms with Gasteiger partial charge in [0, 0.05) is 12.7 Å². The van der Waals surface area contributed by atoms with Gasteiger partial charge in [0.15, 0.2) is 0 Å². The minimum absolute atomic E-state index is 0.221. The minimum atomic E-state index is -2.35. The summed E-state index contributed by atoms with van der Waals surface area (Å²) < 4.78 is 11.6. The Morgan fingerprint density at radius 3 is 2.14 bits per heavy atom. The highest BCUT2D eigenvalue weighted by Gasteiger charge is 2.37. The van der Waals surface area contributed by atoms with Crippen LogP contribution in [-0.4, -0.2) is 35.7 Å². The molecule has 1 atom stereocenters. The predicted molar refractivity (Wildman–Crippen MR) is 61.0 cm³/mol. The van der Waals surface area contributed by atoms with Gasteiger partial charge in [-0.15, -0.1) is 0 Å². The Morgan fingerprint density at radius 2 is 1.79 bits per heavy atom. The van der Waals surface area contributed by atoms with E-state index in [1.54, 1.807) is 0 Å². The first kappa shape index (κ1) is 14.1. The molecule has 86 valence electrons. The van der Waals surface area contributed by atoms with Crippen molar-refractivity contribution in [1.29, 1.82) is 0 Å². The van der Waals surface area contributed by atoms with Gasteiger partial charge in [0.25, 0.3) is 0 Å². The van der Waals surface area contributed by atoms with Crippen molar-refractivity contribution in [3.05, 3.63) is 0 Å². The molecule has 0 aliphatic heterocycles. The van der Waals surface area contributed by atoms with Gasteiger partial charge in [-0.3, -0.25) is 9.96 Å². The van der Waals surface area contributed by atoms with Crippen LogP contribution in [0.25, 0.3) is 0 Å². The van der Waals surface area contributed by atoms with Gasteiger partial charge >= 0.3 is 8.88 Å². The highest BCUT2D eigenvalue weighted by molar-refractivity contribution is 6.62. The van der Waals surface area contributed by atoms with Crippen molar-refractivity contribution in [2.45, 2.75) is 39.7 Å². The monoisotopic (exact) mass is 220 g/mol. The van der Waals surface area contributed by atoms with Crippen LogP contribution in [0.15, 0.2) is 0 Å². The molecule has 5 heteroatoms. The number of rotatable bonds is 8. The largest absolute Gasteiger partial charge is 0.516 e. The van der Waals surface area contributed by atoms with Crippen molar-refractivity contribution in [3.8, 4) is 0 Å². The topological polar surface area (TPSA) is 42.5 Å². The smallest absolute Gasteiger partial charge is 0.371 e. The van der Waals surface area contributed by atoms with Crippen LogP contribution in [0.5, 0.6) is 0 Å². The molecule has 14 heavy (non-hydrogen) atoms. The number of hydrogen-bond acceptors (Lipinski definition) is 4. The molecule has 0 aromatic rings. The quantitative estimate of drug-likeness (QED) is 0.601. The molecule has 0 aliphatic rings. The third kappa shape index (κ3) is 4.52. The number of hydrogen-bond donors (Lipinski definition) is 2. The molecule has 2 N–H and O–H groups in total. The van der Waals surface area contributed by atoms with Crippen molar-refractivity contribution >= 4 is 8.88 Å². The van der Waals surface area contributed by atoms with Crippen LogP contribution in [-0.2, 0) is 8.85 Å². The van der Waals surface area contributed by atoms with Crippen LogP contribution in [0.4, 0.5) is 0 Å². The molecule has 4 nitrogen and oxygen atoms in total. The van der Waals surface area contributed by atoms with E-state index in [1.807, 2.05) is 14.1 Å². The average Bonchev–Trinajstić information content (AvgIpc) is 2.24. The lowest BCUT2D eigenvalue weighted by atomic mass is 10.3. The van der Waals surface area contributed by atoms with Gasteiger partial charge < -0.3 is 8.85 Å². The predicted octanol–water partition coefficient (Wildman–Crippen LogP) is 1.10. The molecule has 0 aliphatic carbocycles. The van der Waals surface area contributed by atoms with E-state index in [0.717, 1.165) is 19.4 Å². The Balaban J connectivity index is 4.20. The van der Waals surface area contributed by atoms with Gasteiger partial charge in [-0.2, -0.15) is 0 Å². The van der Waals surface area contributed by atoms with Crippen molar-refractivity contribution < 1.29 is 8.85 Å². The van der Waals surface area contributed by atoms with Crippen molar-refractivity contribution in [2.75, 3.05) is 20.7 Å². The molecule has 0 saturated carbocycles. The normalized spacial score (nSPS) is 14.4. The summed E-state index contributed by atoms with van der Waals surface area (Å²) in [4.78, 5) is 6.30. The second-order valence-corrected chi connectivity index (χ2v) is 6.06. The van der Waals surface area contributed by atoms with Crippen LogP contribution in [0.2, 0.25) is 0 Å². The van der Waals surface area contributed by atoms with Crippen molar-refractivity contribution in [1.82, 2.24) is 9.96 Å². The number of nitrogens with one attached hydrogen (secondary N) is 2. The molecule has 0 radical (unpaired) electrons. The van der Waals surface area contributed by atoms with Crippen molar-refractivity contribution in [3.63, 3.8) is 0 Å². The van der Waals surface area contributed by atoms with Crippen LogP contribution in [0.1, 0.15) is 33.6 Å². The summed E-state index contributed by atoms with van der Waals surface area (Å²) in [5, 5.41) is 0. The summed E-state index contributed by atoms with van der Waals surface area (Å²) in [7, 11) is 1.40. The van der Waals surface area contributed by atoms with Gasteiger partial charge in [0.1, 0.15) is 0 Å². The van der Waals surface area contributed by atoms with E-state index >= 15 is 0 Å². The van der Waals surface area contributed by atoms with Gasteiger partial charge in [-0.25, -0.2) is 0 Å². The third-order valence-corrected chi connectivity index (χ3v) is 4.77. The Hall–Kier alpha value is 0.0569. The van der Waals surface area contributed by atoms with Crippen molar-refractivity contribution in [2.24, 2.45) is 0 Å². The zero-order valence-corrected chi connectivity index (χ0v) is 11.0. The zero-order valence-electron chi connectivity index (χ0n) is 10.0. The van der Waals surface area contributed by atoms with Gasteiger partial charge in [0.05, 0.1) is 0 Å². The SMILES string of the molecule is CCCO[Si](NC)(NC)OC(C)CC. The Labute approximate surface area is 88.8 Å². The molecule has 0 aromatic heterocycles. The Morgan fingerprint density at radius 1 is 1.21 bits per heavy atom. The first-order valence-electron chi connectivity index (χ1n) is 5.33. The Bertz CT molecular complexity index is 143. The fraction of sp³-hybridized carbons (Fsp3) is 1.00. The third-order valence-electron chi connectivity index (χ3n) is 2.11. The van der Waals surface area contributed by atoms with E-state index < -0.39 is 8.88 Å². The van der Waals surface area contributed by atoms with E-state index in [9.17, 15) is 0 Å². The molecular weight excluding hydrogens is 196 g/mol. The molecule has 1 unspecified atom stereocenters. The van der Waals surface area contributed by atoms with Crippen LogP contribution < -0.4 is 9.96 Å². The fourth-order valence-corrected chi connectivity index (χ4v) is 3.10. The van der Waals surface area contributed by atoms with E-state index in [2.05, 4.69) is 30.7 Å². The molecule has 0 fully saturated rings. The van der Waals surface area contributed by atoms with Crippen LogP contribution >= 0.6 is 0 Å². The second kappa shape index (κ2) is 7.36. The molecule has 0 amide bonds. The van der Waals surface area contributed by atoms with E-state index in [-0.39, 0.29) is 6.10 Å². The average molecular weight is 220 g/mol. The summed E-state index contributed by atoms with van der Waals surface area (Å²) >= 11 is 0. The maximum Gasteiger partial charge on any atom is 0.516 e. The van der Waals surface area contributed by atoms with E-state index in [1.165, 1.54) is 0 Å². The molecule has 0 spiro atoms. The lowest BCUT2D eigenvalue weighted by Gasteiger charge is -2.30. The molecule has 0 saturated heterocycles. The summed E-state index contributed by atoms with van der Waals surface area (Å²) in [6.45, 7) is 6.98. The lowest BCUT2D eigenvalue weighted by molar-refractivity contribution is 0.105. The van der Waals surface area contributed by atoms with E-state index in [4.69, 9.17) is 8.85 Å². The van der Waals surface area contributed by atoms with E-state index in [0.29, 0.717) is 0 Å². The second-order valence-electron chi connectivity index (χ2n) is 3.30. The van der Waals surface area contributed by atoms with Gasteiger partial charge in [-0.05, 0) is 33.9 Å². The highest BCUT2D eigenvalue weighted by atomic mass is 28.4. The Kier molecular flexibility index (Phi) is 7.39. The molecule has 0 bridgehead atoms. The lowest BCUT2D eigenvalue weighted by Crippen LogP contribution is -2.66. The van der Waals surface area contributed by atoms with Gasteiger partial charge in [0.2, 0.25) is 0 Å². The molecule has 0 heterocycles. The first-order chi connectivity index (χ1) is 6.64. The van der Waals surface area contributed by atoms with Gasteiger partial charge in [-0.1, -0.05) is 13.8 Å². The summed E-state index contributed by atoms with van der Waals surface area (Å²) in [6, 6.07) is 0. The standard InChI is InChI=1S/C9H24N2O2Si/c1-6-8-12-14(10-4,11-5)13-9(3)7-2/h9-11H,6-8H2,1-5H3. The first-order valence-corrected chi connectivity index (χ1v) is 7.15. The van der Waals surface area contributed by atoms with Crippen LogP contribution in [0, 0.1) is 0 Å². The van der Waals surface area contributed by atoms with Crippen LogP contribution in [0.3, 0.4) is 0 Å². The molecule has 0 rings (SSSR count). The summed E-state index contributed by atoms with van der Waals surface area (Å²) in [6.07, 6.45) is 2.22. The maximum absolute atomic E-state index is 5.88. The summed E-state index contributed by atoms with van der Waals surface area (Å²) in [5.41, 5.74) is 0. The minimum Gasteiger partial charge on any atom is -0.371 e. The highest BCUT2D eigenvalue weighted by Crippen LogP contribution is 2.06. The maximum atomic E-state index is 5.88. The molecule has 0 aromatic carbocycles. The summed E-state index contributed by atoms with van der Waals surface area (Å²) in [5.74, 6) is 0. The molecular formula is C9H24N2O2Si.